The van der Waals surface area contributed by atoms with Crippen molar-refractivity contribution in [1.29, 1.82) is 0 Å². The predicted molar refractivity (Wildman–Crippen MR) is 106 cm³/mol. The summed E-state index contributed by atoms with van der Waals surface area (Å²) < 4.78 is 14.5. The first-order valence-electron chi connectivity index (χ1n) is 9.33. The molecule has 0 spiro atoms. The molecule has 1 aromatic carbocycles. The molecule has 2 aromatic rings. The van der Waals surface area contributed by atoms with E-state index in [1.807, 2.05) is 6.92 Å². The number of aliphatic hydroxyl groups excluding tert-OH is 1. The Morgan fingerprint density at radius 3 is 2.71 bits per heavy atom. The number of nitrogens with two attached hydrogens (primary N) is 1. The second-order valence-electron chi connectivity index (χ2n) is 6.78. The number of aryl methyl sites for hydroxylation is 1. The Balaban J connectivity index is 2.31. The lowest BCUT2D eigenvalue weighted by atomic mass is 10.0. The van der Waals surface area contributed by atoms with Gasteiger partial charge in [-0.1, -0.05) is 19.1 Å². The third-order valence-electron chi connectivity index (χ3n) is 4.62. The lowest BCUT2D eigenvalue weighted by Crippen LogP contribution is -2.22. The summed E-state index contributed by atoms with van der Waals surface area (Å²) in [5.74, 6) is -0.773. The molecular weight excluding hydrogens is 363 g/mol. The summed E-state index contributed by atoms with van der Waals surface area (Å²) in [7, 11) is 0. The Labute approximate surface area is 163 Å². The number of hydrogen-bond acceptors (Lipinski definition) is 6. The molecule has 7 nitrogen and oxygen atoms in total. The first kappa shape index (κ1) is 21.6. The number of halogens is 1. The van der Waals surface area contributed by atoms with Crippen LogP contribution in [0.5, 0.6) is 0 Å². The number of carbonyl (C=O) groups is 1. The van der Waals surface area contributed by atoms with Gasteiger partial charge in [-0.05, 0) is 43.4 Å². The Morgan fingerprint density at radius 2 is 2.11 bits per heavy atom. The van der Waals surface area contributed by atoms with E-state index in [9.17, 15) is 9.18 Å². The molecule has 28 heavy (non-hydrogen) atoms. The Morgan fingerprint density at radius 1 is 1.36 bits per heavy atom. The molecule has 1 aromatic heterocycles. The quantitative estimate of drug-likeness (QED) is 0.492. The first-order valence-corrected chi connectivity index (χ1v) is 9.33. The van der Waals surface area contributed by atoms with Gasteiger partial charge in [0.25, 0.3) is 0 Å². The van der Waals surface area contributed by atoms with Crippen molar-refractivity contribution < 1.29 is 19.4 Å². The highest BCUT2D eigenvalue weighted by atomic mass is 19.1. The Hall–Kier alpha value is -2.74. The van der Waals surface area contributed by atoms with Crippen molar-refractivity contribution in [2.45, 2.75) is 52.0 Å². The largest absolute Gasteiger partial charge is 0.481 e. The number of aromatic nitrogens is 2. The van der Waals surface area contributed by atoms with Crippen LogP contribution >= 0.6 is 0 Å². The molecule has 0 saturated carbocycles. The van der Waals surface area contributed by atoms with E-state index in [2.05, 4.69) is 15.3 Å². The zero-order chi connectivity index (χ0) is 20.7. The van der Waals surface area contributed by atoms with E-state index >= 15 is 0 Å². The van der Waals surface area contributed by atoms with Gasteiger partial charge in [-0.2, -0.15) is 4.98 Å². The number of carboxylic acids is 1. The van der Waals surface area contributed by atoms with Crippen molar-refractivity contribution in [3.05, 3.63) is 46.4 Å². The maximum atomic E-state index is 14.5. The fourth-order valence-electron chi connectivity index (χ4n) is 3.07. The molecule has 0 aliphatic heterocycles. The van der Waals surface area contributed by atoms with Crippen molar-refractivity contribution in [2.24, 2.45) is 0 Å². The van der Waals surface area contributed by atoms with Crippen molar-refractivity contribution in [3.8, 4) is 0 Å². The average molecular weight is 390 g/mol. The number of nitrogens with zero attached hydrogens (tertiary/aromatic N) is 2. The average Bonchev–Trinajstić information content (AvgIpc) is 2.62. The van der Waals surface area contributed by atoms with Crippen LogP contribution in [0.3, 0.4) is 0 Å². The fourth-order valence-corrected chi connectivity index (χ4v) is 3.07. The van der Waals surface area contributed by atoms with E-state index in [-0.39, 0.29) is 31.4 Å². The highest BCUT2D eigenvalue weighted by Crippen LogP contribution is 2.25. The lowest BCUT2D eigenvalue weighted by molar-refractivity contribution is -0.136. The highest BCUT2D eigenvalue weighted by Gasteiger charge is 2.17. The molecule has 0 unspecified atom stereocenters. The minimum Gasteiger partial charge on any atom is -0.481 e. The number of carboxylic acid groups (broad SMARTS) is 1. The van der Waals surface area contributed by atoms with Gasteiger partial charge in [-0.25, -0.2) is 9.37 Å². The van der Waals surface area contributed by atoms with Crippen LogP contribution in [0.25, 0.3) is 0 Å². The molecule has 0 radical (unpaired) electrons. The maximum absolute atomic E-state index is 14.5. The summed E-state index contributed by atoms with van der Waals surface area (Å²) in [5.41, 5.74) is 8.03. The van der Waals surface area contributed by atoms with E-state index in [0.29, 0.717) is 29.1 Å². The minimum absolute atomic E-state index is 0.0994. The van der Waals surface area contributed by atoms with Crippen molar-refractivity contribution in [2.75, 3.05) is 17.7 Å². The van der Waals surface area contributed by atoms with E-state index in [4.69, 9.17) is 15.9 Å². The number of rotatable bonds is 10. The van der Waals surface area contributed by atoms with Crippen molar-refractivity contribution >= 4 is 17.7 Å². The van der Waals surface area contributed by atoms with Crippen LogP contribution in [0.15, 0.2) is 18.2 Å². The van der Waals surface area contributed by atoms with Gasteiger partial charge in [0.05, 0.1) is 6.42 Å². The number of anilines is 2. The number of aliphatic hydroxyl groups is 1. The first-order chi connectivity index (χ1) is 13.3. The molecular formula is C20H27FN4O3. The predicted octanol–water partition coefficient (Wildman–Crippen LogP) is 2.69. The molecule has 0 amide bonds. The van der Waals surface area contributed by atoms with Gasteiger partial charge in [-0.15, -0.1) is 0 Å². The summed E-state index contributed by atoms with van der Waals surface area (Å²) in [6, 6.07) is 4.56. The second-order valence-corrected chi connectivity index (χ2v) is 6.78. The minimum atomic E-state index is -1.00. The van der Waals surface area contributed by atoms with Crippen LogP contribution < -0.4 is 11.1 Å². The summed E-state index contributed by atoms with van der Waals surface area (Å²) >= 11 is 0. The molecule has 5 N–H and O–H groups in total. The molecule has 1 heterocycles. The van der Waals surface area contributed by atoms with Crippen molar-refractivity contribution in [3.63, 3.8) is 0 Å². The van der Waals surface area contributed by atoms with Gasteiger partial charge in [0.2, 0.25) is 5.95 Å². The van der Waals surface area contributed by atoms with Crippen LogP contribution in [0.2, 0.25) is 0 Å². The Bertz CT molecular complexity index is 829. The molecule has 0 fully saturated rings. The van der Waals surface area contributed by atoms with Crippen LogP contribution in [-0.4, -0.2) is 38.8 Å². The van der Waals surface area contributed by atoms with Crippen LogP contribution in [0.1, 0.15) is 48.6 Å². The molecule has 0 saturated heterocycles. The summed E-state index contributed by atoms with van der Waals surface area (Å²) in [6.45, 7) is 3.95. The topological polar surface area (TPSA) is 121 Å². The van der Waals surface area contributed by atoms with Gasteiger partial charge in [0, 0.05) is 30.3 Å². The zero-order valence-electron chi connectivity index (χ0n) is 16.2. The molecule has 0 aliphatic rings. The number of hydrogen-bond donors (Lipinski definition) is 4. The number of nitrogens with one attached hydrogen (secondary N) is 1. The number of benzene rings is 1. The molecule has 0 bridgehead atoms. The van der Waals surface area contributed by atoms with Gasteiger partial charge < -0.3 is 21.3 Å². The van der Waals surface area contributed by atoms with E-state index in [1.54, 1.807) is 19.1 Å². The lowest BCUT2D eigenvalue weighted by Gasteiger charge is -2.21. The maximum Gasteiger partial charge on any atom is 0.307 e. The third-order valence-corrected chi connectivity index (χ3v) is 4.62. The normalized spacial score (nSPS) is 12.0. The molecule has 0 aliphatic carbocycles. The molecule has 2 rings (SSSR count). The van der Waals surface area contributed by atoms with Gasteiger partial charge in [0.1, 0.15) is 11.6 Å². The number of nitrogen functional groups attached to an aromatic ring is 1. The standard InChI is InChI=1S/C20H27FN4O3/c1-3-15(5-4-8-26)24-19-16(12(2)23-20(22)25-19)11-14-7-6-13(9-17(14)21)10-18(27)28/h6-7,9,15,26H,3-5,8,10-11H2,1-2H3,(H,27,28)(H3,22,23,24,25)/t15-/m0/s1. The smallest absolute Gasteiger partial charge is 0.307 e. The number of aliphatic carboxylic acids is 1. The van der Waals surface area contributed by atoms with Crippen LogP contribution in [0.4, 0.5) is 16.2 Å². The molecule has 152 valence electrons. The second kappa shape index (κ2) is 9.98. The summed E-state index contributed by atoms with van der Waals surface area (Å²) in [4.78, 5) is 19.3. The van der Waals surface area contributed by atoms with Gasteiger partial charge in [0.15, 0.2) is 0 Å². The molecule has 1 atom stereocenters. The van der Waals surface area contributed by atoms with E-state index < -0.39 is 11.8 Å². The van der Waals surface area contributed by atoms with Crippen LogP contribution in [-0.2, 0) is 17.6 Å². The van der Waals surface area contributed by atoms with E-state index in [1.165, 1.54) is 6.07 Å². The SMILES string of the molecule is CC[C@@H](CCCO)Nc1nc(N)nc(C)c1Cc1ccc(CC(=O)O)cc1F. The zero-order valence-corrected chi connectivity index (χ0v) is 16.2. The van der Waals surface area contributed by atoms with E-state index in [0.717, 1.165) is 18.4 Å². The molecule has 8 heteroatoms. The van der Waals surface area contributed by atoms with Gasteiger partial charge in [-0.3, -0.25) is 4.79 Å². The Kier molecular flexibility index (Phi) is 7.69. The summed E-state index contributed by atoms with van der Waals surface area (Å²) in [5, 5.41) is 21.3. The fraction of sp³-hybridized carbons (Fsp3) is 0.450. The van der Waals surface area contributed by atoms with Gasteiger partial charge >= 0.3 is 5.97 Å². The third kappa shape index (κ3) is 5.88. The van der Waals surface area contributed by atoms with Crippen LogP contribution in [0, 0.1) is 12.7 Å². The highest BCUT2D eigenvalue weighted by molar-refractivity contribution is 5.70. The monoisotopic (exact) mass is 390 g/mol. The van der Waals surface area contributed by atoms with Crippen molar-refractivity contribution in [1.82, 2.24) is 9.97 Å². The summed E-state index contributed by atoms with van der Waals surface area (Å²) in [6.07, 6.45) is 2.30.